The normalized spacial score (nSPS) is 19.4. The van der Waals surface area contributed by atoms with Crippen LogP contribution in [0.5, 0.6) is 0 Å². The first kappa shape index (κ1) is 12.5. The predicted molar refractivity (Wildman–Crippen MR) is 81.3 cm³/mol. The molecule has 5 nitrogen and oxygen atoms in total. The number of nitrogens with zero attached hydrogens (tertiary/aromatic N) is 5. The maximum absolute atomic E-state index is 4.86. The highest BCUT2D eigenvalue weighted by atomic mass is 15.2. The van der Waals surface area contributed by atoms with Crippen LogP contribution in [0.15, 0.2) is 42.9 Å². The molecule has 1 saturated heterocycles. The molecule has 4 heterocycles. The van der Waals surface area contributed by atoms with E-state index < -0.39 is 0 Å². The summed E-state index contributed by atoms with van der Waals surface area (Å²) in [5.41, 5.74) is 2.94. The Hall–Kier alpha value is -2.27. The minimum absolute atomic E-state index is 0.354. The summed E-state index contributed by atoms with van der Waals surface area (Å²) in [6, 6.07) is 8.34. The third-order valence-electron chi connectivity index (χ3n) is 4.18. The van der Waals surface area contributed by atoms with Crippen LogP contribution in [0.1, 0.15) is 24.7 Å². The van der Waals surface area contributed by atoms with Crippen LogP contribution in [-0.2, 0) is 0 Å². The largest absolute Gasteiger partial charge is 0.297 e. The van der Waals surface area contributed by atoms with Gasteiger partial charge in [0.2, 0.25) is 0 Å². The van der Waals surface area contributed by atoms with E-state index in [1.54, 1.807) is 0 Å². The summed E-state index contributed by atoms with van der Waals surface area (Å²) in [4.78, 5) is 15.9. The van der Waals surface area contributed by atoms with Gasteiger partial charge in [0.1, 0.15) is 11.3 Å². The lowest BCUT2D eigenvalue weighted by Gasteiger charge is -2.20. The van der Waals surface area contributed by atoms with E-state index >= 15 is 0 Å². The number of likely N-dealkylation sites (tertiary alicyclic amines) is 1. The Kier molecular flexibility index (Phi) is 2.93. The summed E-state index contributed by atoms with van der Waals surface area (Å²) in [7, 11) is 2.17. The molecule has 1 unspecified atom stereocenters. The second-order valence-corrected chi connectivity index (χ2v) is 5.50. The second-order valence-electron chi connectivity index (χ2n) is 5.50. The van der Waals surface area contributed by atoms with E-state index in [-0.39, 0.29) is 0 Å². The van der Waals surface area contributed by atoms with Crippen molar-refractivity contribution in [2.45, 2.75) is 18.9 Å². The molecule has 0 amide bonds. The van der Waals surface area contributed by atoms with Crippen LogP contribution in [-0.4, -0.2) is 38.0 Å². The van der Waals surface area contributed by atoms with Gasteiger partial charge in [0.05, 0.1) is 11.7 Å². The summed E-state index contributed by atoms with van der Waals surface area (Å²) >= 11 is 0. The fraction of sp³-hybridized carbons (Fsp3) is 0.312. The molecule has 106 valence electrons. The van der Waals surface area contributed by atoms with Crippen molar-refractivity contribution in [2.24, 2.45) is 0 Å². The van der Waals surface area contributed by atoms with Crippen LogP contribution in [0.4, 0.5) is 0 Å². The molecule has 0 bridgehead atoms. The van der Waals surface area contributed by atoms with Gasteiger partial charge in [0.15, 0.2) is 5.65 Å². The minimum atomic E-state index is 0.354. The molecule has 4 rings (SSSR count). The van der Waals surface area contributed by atoms with Gasteiger partial charge in [0, 0.05) is 18.6 Å². The van der Waals surface area contributed by atoms with E-state index in [0.29, 0.717) is 6.04 Å². The van der Waals surface area contributed by atoms with E-state index in [0.717, 1.165) is 35.6 Å². The number of imidazole rings is 1. The van der Waals surface area contributed by atoms with Gasteiger partial charge in [-0.1, -0.05) is 0 Å². The molecule has 1 fully saturated rings. The fourth-order valence-corrected chi connectivity index (χ4v) is 3.14. The van der Waals surface area contributed by atoms with Crippen LogP contribution in [0.2, 0.25) is 0 Å². The third-order valence-corrected chi connectivity index (χ3v) is 4.18. The van der Waals surface area contributed by atoms with E-state index in [1.807, 2.05) is 42.9 Å². The SMILES string of the molecule is CN1CCCC1c1nc2cccnc2n1-c1ccncc1. The summed E-state index contributed by atoms with van der Waals surface area (Å²) in [5.74, 6) is 1.08. The van der Waals surface area contributed by atoms with E-state index in [9.17, 15) is 0 Å². The molecule has 3 aromatic heterocycles. The molecular formula is C16H17N5. The number of fused-ring (bicyclic) bond motifs is 1. The Morgan fingerprint density at radius 2 is 2.00 bits per heavy atom. The van der Waals surface area contributed by atoms with Gasteiger partial charge in [0.25, 0.3) is 0 Å². The molecule has 0 radical (unpaired) electrons. The fourth-order valence-electron chi connectivity index (χ4n) is 3.14. The Morgan fingerprint density at radius 1 is 1.14 bits per heavy atom. The van der Waals surface area contributed by atoms with Crippen LogP contribution in [0.25, 0.3) is 16.9 Å². The van der Waals surface area contributed by atoms with Crippen molar-refractivity contribution in [3.63, 3.8) is 0 Å². The molecule has 1 aliphatic rings. The molecule has 1 atom stereocenters. The Labute approximate surface area is 123 Å². The maximum atomic E-state index is 4.86. The van der Waals surface area contributed by atoms with E-state index in [2.05, 4.69) is 26.5 Å². The molecule has 0 saturated carbocycles. The monoisotopic (exact) mass is 279 g/mol. The second kappa shape index (κ2) is 4.93. The highest BCUT2D eigenvalue weighted by Gasteiger charge is 2.28. The van der Waals surface area contributed by atoms with Crippen molar-refractivity contribution in [1.29, 1.82) is 0 Å². The summed E-state index contributed by atoms with van der Waals surface area (Å²) in [6.07, 6.45) is 7.81. The number of pyridine rings is 2. The van der Waals surface area contributed by atoms with Crippen molar-refractivity contribution < 1.29 is 0 Å². The zero-order chi connectivity index (χ0) is 14.2. The van der Waals surface area contributed by atoms with Gasteiger partial charge >= 0.3 is 0 Å². The van der Waals surface area contributed by atoms with Gasteiger partial charge in [-0.3, -0.25) is 14.5 Å². The number of rotatable bonds is 2. The van der Waals surface area contributed by atoms with Crippen molar-refractivity contribution in [1.82, 2.24) is 24.4 Å². The average Bonchev–Trinajstić information content (AvgIpc) is 3.11. The first-order valence-corrected chi connectivity index (χ1v) is 7.28. The van der Waals surface area contributed by atoms with Gasteiger partial charge in [-0.2, -0.15) is 0 Å². The van der Waals surface area contributed by atoms with E-state index in [4.69, 9.17) is 4.98 Å². The topological polar surface area (TPSA) is 46.8 Å². The predicted octanol–water partition coefficient (Wildman–Crippen LogP) is 2.58. The molecule has 0 spiro atoms. The van der Waals surface area contributed by atoms with E-state index in [1.165, 1.54) is 6.42 Å². The molecular weight excluding hydrogens is 262 g/mol. The first-order chi connectivity index (χ1) is 10.3. The molecule has 5 heteroatoms. The zero-order valence-corrected chi connectivity index (χ0v) is 12.0. The molecule has 0 aromatic carbocycles. The smallest absolute Gasteiger partial charge is 0.164 e. The minimum Gasteiger partial charge on any atom is -0.297 e. The van der Waals surface area contributed by atoms with Crippen molar-refractivity contribution in [3.05, 3.63) is 48.7 Å². The van der Waals surface area contributed by atoms with Crippen molar-refractivity contribution in [2.75, 3.05) is 13.6 Å². The quantitative estimate of drug-likeness (QED) is 0.723. The number of aromatic nitrogens is 4. The lowest BCUT2D eigenvalue weighted by molar-refractivity contribution is 0.304. The third kappa shape index (κ3) is 2.01. The van der Waals surface area contributed by atoms with Gasteiger partial charge in [-0.25, -0.2) is 9.97 Å². The summed E-state index contributed by atoms with van der Waals surface area (Å²) < 4.78 is 2.17. The summed E-state index contributed by atoms with van der Waals surface area (Å²) in [6.45, 7) is 1.12. The van der Waals surface area contributed by atoms with Gasteiger partial charge in [-0.05, 0) is 50.7 Å². The lowest BCUT2D eigenvalue weighted by atomic mass is 10.2. The molecule has 0 N–H and O–H groups in total. The van der Waals surface area contributed by atoms with Crippen LogP contribution < -0.4 is 0 Å². The van der Waals surface area contributed by atoms with Crippen LogP contribution in [0, 0.1) is 0 Å². The van der Waals surface area contributed by atoms with Crippen molar-refractivity contribution >= 4 is 11.2 Å². The molecule has 1 aliphatic heterocycles. The number of hydrogen-bond donors (Lipinski definition) is 0. The zero-order valence-electron chi connectivity index (χ0n) is 12.0. The highest BCUT2D eigenvalue weighted by molar-refractivity contribution is 5.73. The standard InChI is InChI=1S/C16H17N5/c1-20-11-3-5-14(20)16-19-13-4-2-8-18-15(13)21(16)12-6-9-17-10-7-12/h2,4,6-10,14H,3,5,11H2,1H3. The van der Waals surface area contributed by atoms with Crippen LogP contribution in [0.3, 0.4) is 0 Å². The highest BCUT2D eigenvalue weighted by Crippen LogP contribution is 2.33. The average molecular weight is 279 g/mol. The van der Waals surface area contributed by atoms with Gasteiger partial charge in [-0.15, -0.1) is 0 Å². The summed E-state index contributed by atoms with van der Waals surface area (Å²) in [5, 5.41) is 0. The first-order valence-electron chi connectivity index (χ1n) is 7.28. The molecule has 3 aromatic rings. The maximum Gasteiger partial charge on any atom is 0.164 e. The van der Waals surface area contributed by atoms with Gasteiger partial charge < -0.3 is 0 Å². The van der Waals surface area contributed by atoms with Crippen molar-refractivity contribution in [3.8, 4) is 5.69 Å². The lowest BCUT2D eigenvalue weighted by Crippen LogP contribution is -2.20. The van der Waals surface area contributed by atoms with Crippen LogP contribution >= 0.6 is 0 Å². The number of hydrogen-bond acceptors (Lipinski definition) is 4. The molecule has 0 aliphatic carbocycles. The Morgan fingerprint density at radius 3 is 2.76 bits per heavy atom. The Balaban J connectivity index is 1.97. The molecule has 21 heavy (non-hydrogen) atoms. The Bertz CT molecular complexity index is 765.